The van der Waals surface area contributed by atoms with Crippen LogP contribution in [0.15, 0.2) is 42.5 Å². The minimum atomic E-state index is 0.619. The second-order valence-electron chi connectivity index (χ2n) is 3.81. The fourth-order valence-corrected chi connectivity index (χ4v) is 1.66. The third-order valence-electron chi connectivity index (χ3n) is 2.59. The Morgan fingerprint density at radius 3 is 2.44 bits per heavy atom. The normalized spacial score (nSPS) is 9.89. The van der Waals surface area contributed by atoms with Gasteiger partial charge in [0.15, 0.2) is 0 Å². The number of hydrogen-bond donors (Lipinski definition) is 2. The number of rotatable bonds is 4. The maximum atomic E-state index is 5.77. The van der Waals surface area contributed by atoms with Crippen LogP contribution in [0, 0.1) is 0 Å². The molecule has 0 amide bonds. The molecule has 0 spiro atoms. The average Bonchev–Trinajstić information content (AvgIpc) is 2.41. The Morgan fingerprint density at radius 1 is 0.944 bits per heavy atom. The Balaban J connectivity index is 2.22. The molecule has 0 aliphatic heterocycles. The molecule has 94 valence electrons. The second kappa shape index (κ2) is 5.31. The van der Waals surface area contributed by atoms with Crippen molar-refractivity contribution in [2.24, 2.45) is 0 Å². The van der Waals surface area contributed by atoms with E-state index in [-0.39, 0.29) is 0 Å². The fourth-order valence-electron chi connectivity index (χ4n) is 1.66. The van der Waals surface area contributed by atoms with Gasteiger partial charge in [-0.25, -0.2) is 0 Å². The van der Waals surface area contributed by atoms with E-state index in [4.69, 9.17) is 15.2 Å². The molecule has 0 bridgehead atoms. The highest BCUT2D eigenvalue weighted by atomic mass is 16.5. The second-order valence-corrected chi connectivity index (χ2v) is 3.81. The van der Waals surface area contributed by atoms with E-state index >= 15 is 0 Å². The molecule has 0 saturated heterocycles. The molecule has 2 aromatic carbocycles. The number of nitrogen functional groups attached to an aromatic ring is 1. The molecule has 4 heteroatoms. The number of nitrogens with one attached hydrogen (secondary N) is 1. The molecule has 3 N–H and O–H groups in total. The van der Waals surface area contributed by atoms with Crippen molar-refractivity contribution in [3.63, 3.8) is 0 Å². The average molecular weight is 244 g/mol. The largest absolute Gasteiger partial charge is 0.497 e. The lowest BCUT2D eigenvalue weighted by atomic mass is 10.2. The van der Waals surface area contributed by atoms with Crippen LogP contribution in [0.1, 0.15) is 0 Å². The number of ether oxygens (including phenoxy) is 2. The molecule has 0 aliphatic carbocycles. The zero-order valence-electron chi connectivity index (χ0n) is 10.4. The smallest absolute Gasteiger partial charge is 0.143 e. The summed E-state index contributed by atoms with van der Waals surface area (Å²) < 4.78 is 10.4. The summed E-state index contributed by atoms with van der Waals surface area (Å²) >= 11 is 0. The zero-order chi connectivity index (χ0) is 13.0. The first kappa shape index (κ1) is 12.1. The van der Waals surface area contributed by atoms with E-state index < -0.39 is 0 Å². The third kappa shape index (κ3) is 2.66. The van der Waals surface area contributed by atoms with Gasteiger partial charge in [0.2, 0.25) is 0 Å². The van der Waals surface area contributed by atoms with Crippen LogP contribution in [-0.4, -0.2) is 14.2 Å². The lowest BCUT2D eigenvalue weighted by Gasteiger charge is -2.10. The van der Waals surface area contributed by atoms with E-state index in [1.807, 2.05) is 36.4 Å². The molecule has 4 nitrogen and oxygen atoms in total. The molecule has 2 aromatic rings. The van der Waals surface area contributed by atoms with Gasteiger partial charge in [-0.2, -0.15) is 0 Å². The van der Waals surface area contributed by atoms with E-state index in [0.29, 0.717) is 11.4 Å². The van der Waals surface area contributed by atoms with Crippen LogP contribution in [0.2, 0.25) is 0 Å². The van der Waals surface area contributed by atoms with Crippen molar-refractivity contribution in [3.05, 3.63) is 42.5 Å². The van der Waals surface area contributed by atoms with Gasteiger partial charge in [0.1, 0.15) is 11.5 Å². The van der Waals surface area contributed by atoms with E-state index in [1.54, 1.807) is 20.3 Å². The van der Waals surface area contributed by atoms with Crippen LogP contribution in [0.4, 0.5) is 17.1 Å². The minimum Gasteiger partial charge on any atom is -0.497 e. The first-order valence-electron chi connectivity index (χ1n) is 5.57. The molecular weight excluding hydrogens is 228 g/mol. The Bertz CT molecular complexity index is 541. The maximum absolute atomic E-state index is 5.77. The predicted octanol–water partition coefficient (Wildman–Crippen LogP) is 3.03. The molecule has 0 radical (unpaired) electrons. The minimum absolute atomic E-state index is 0.619. The monoisotopic (exact) mass is 244 g/mol. The molecule has 2 rings (SSSR count). The predicted molar refractivity (Wildman–Crippen MR) is 73.7 cm³/mol. The first-order chi connectivity index (χ1) is 8.72. The van der Waals surface area contributed by atoms with E-state index in [0.717, 1.165) is 17.1 Å². The Labute approximate surface area is 106 Å². The van der Waals surface area contributed by atoms with Crippen molar-refractivity contribution in [1.82, 2.24) is 0 Å². The van der Waals surface area contributed by atoms with Crippen molar-refractivity contribution >= 4 is 17.1 Å². The summed E-state index contributed by atoms with van der Waals surface area (Å²) in [6.07, 6.45) is 0. The summed E-state index contributed by atoms with van der Waals surface area (Å²) in [6.45, 7) is 0. The van der Waals surface area contributed by atoms with Crippen LogP contribution < -0.4 is 20.5 Å². The van der Waals surface area contributed by atoms with Crippen molar-refractivity contribution in [3.8, 4) is 11.5 Å². The van der Waals surface area contributed by atoms with E-state index in [1.165, 1.54) is 0 Å². The van der Waals surface area contributed by atoms with Gasteiger partial charge in [-0.15, -0.1) is 0 Å². The number of nitrogens with two attached hydrogens (primary N) is 1. The van der Waals surface area contributed by atoms with E-state index in [9.17, 15) is 0 Å². The molecule has 0 aliphatic rings. The summed E-state index contributed by atoms with van der Waals surface area (Å²) in [5.41, 5.74) is 8.24. The molecule has 0 saturated carbocycles. The Kier molecular flexibility index (Phi) is 3.57. The molecule has 0 atom stereocenters. The number of anilines is 3. The van der Waals surface area contributed by atoms with Crippen molar-refractivity contribution in [2.45, 2.75) is 0 Å². The van der Waals surface area contributed by atoms with E-state index in [2.05, 4.69) is 5.32 Å². The summed E-state index contributed by atoms with van der Waals surface area (Å²) in [6, 6.07) is 13.3. The van der Waals surface area contributed by atoms with Gasteiger partial charge in [0, 0.05) is 23.5 Å². The topological polar surface area (TPSA) is 56.5 Å². The molecule has 0 heterocycles. The molecular formula is C14H16N2O2. The van der Waals surface area contributed by atoms with Crippen LogP contribution in [-0.2, 0) is 0 Å². The fraction of sp³-hybridized carbons (Fsp3) is 0.143. The summed E-state index contributed by atoms with van der Waals surface area (Å²) in [4.78, 5) is 0. The Morgan fingerprint density at radius 2 is 1.72 bits per heavy atom. The summed E-state index contributed by atoms with van der Waals surface area (Å²) in [7, 11) is 3.24. The molecule has 0 aromatic heterocycles. The highest BCUT2D eigenvalue weighted by molar-refractivity contribution is 5.67. The zero-order valence-corrected chi connectivity index (χ0v) is 10.4. The summed E-state index contributed by atoms with van der Waals surface area (Å²) in [5, 5.41) is 3.26. The maximum Gasteiger partial charge on any atom is 0.143 e. The summed E-state index contributed by atoms with van der Waals surface area (Å²) in [5.74, 6) is 1.46. The molecule has 18 heavy (non-hydrogen) atoms. The van der Waals surface area contributed by atoms with Gasteiger partial charge in [-0.1, -0.05) is 6.07 Å². The lowest BCUT2D eigenvalue weighted by molar-refractivity contribution is 0.415. The van der Waals surface area contributed by atoms with Crippen LogP contribution >= 0.6 is 0 Å². The Hall–Kier alpha value is -2.36. The molecule has 0 fully saturated rings. The van der Waals surface area contributed by atoms with Gasteiger partial charge in [0.25, 0.3) is 0 Å². The first-order valence-corrected chi connectivity index (χ1v) is 5.57. The quantitative estimate of drug-likeness (QED) is 0.812. The van der Waals surface area contributed by atoms with Crippen LogP contribution in [0.25, 0.3) is 0 Å². The van der Waals surface area contributed by atoms with Gasteiger partial charge >= 0.3 is 0 Å². The van der Waals surface area contributed by atoms with Gasteiger partial charge in [0.05, 0.1) is 19.9 Å². The lowest BCUT2D eigenvalue weighted by Crippen LogP contribution is -1.95. The van der Waals surface area contributed by atoms with Gasteiger partial charge < -0.3 is 20.5 Å². The van der Waals surface area contributed by atoms with Crippen LogP contribution in [0.3, 0.4) is 0 Å². The highest BCUT2D eigenvalue weighted by Crippen LogP contribution is 2.28. The van der Waals surface area contributed by atoms with Crippen LogP contribution in [0.5, 0.6) is 11.5 Å². The SMILES string of the molecule is COc1cccc(Nc2ccc(N)c(OC)c2)c1. The number of hydrogen-bond acceptors (Lipinski definition) is 4. The number of benzene rings is 2. The third-order valence-corrected chi connectivity index (χ3v) is 2.59. The van der Waals surface area contributed by atoms with Crippen molar-refractivity contribution < 1.29 is 9.47 Å². The molecule has 0 unspecified atom stereocenters. The van der Waals surface area contributed by atoms with Crippen molar-refractivity contribution in [1.29, 1.82) is 0 Å². The van der Waals surface area contributed by atoms with Crippen molar-refractivity contribution in [2.75, 3.05) is 25.3 Å². The van der Waals surface area contributed by atoms with Gasteiger partial charge in [-0.05, 0) is 24.3 Å². The highest BCUT2D eigenvalue weighted by Gasteiger charge is 2.02. The standard InChI is InChI=1S/C14H16N2O2/c1-17-12-5-3-4-10(8-12)16-11-6-7-13(15)14(9-11)18-2/h3-9,16H,15H2,1-2H3. The number of methoxy groups -OCH3 is 2. The van der Waals surface area contributed by atoms with Gasteiger partial charge in [-0.3, -0.25) is 0 Å².